The van der Waals surface area contributed by atoms with Gasteiger partial charge in [0.25, 0.3) is 0 Å². The first-order valence-corrected chi connectivity index (χ1v) is 14.2. The number of benzene rings is 2. The zero-order chi connectivity index (χ0) is 28.1. The Bertz CT molecular complexity index is 1490. The van der Waals surface area contributed by atoms with Crippen LogP contribution in [0, 0.1) is 12.7 Å². The maximum Gasteiger partial charge on any atom is 0.341 e. The molecule has 0 saturated heterocycles. The van der Waals surface area contributed by atoms with E-state index in [-0.39, 0.29) is 29.1 Å². The largest absolute Gasteiger partial charge is 0.483 e. The molecule has 0 fully saturated rings. The van der Waals surface area contributed by atoms with Crippen LogP contribution in [0.2, 0.25) is 5.02 Å². The Morgan fingerprint density at radius 3 is 2.62 bits per heavy atom. The van der Waals surface area contributed by atoms with Gasteiger partial charge in [0, 0.05) is 22.5 Å². The SMILES string of the molecule is CCn1c(SCC(=O)Nc2scc(-c3ccc(F)cc3)c2C(=O)OC)nnc1C(C)Oc1ccc(Cl)c(C)c1. The number of thioether (sulfide) groups is 1. The lowest BCUT2D eigenvalue weighted by Crippen LogP contribution is -2.17. The third-order valence-electron chi connectivity index (χ3n) is 5.79. The molecular weight excluding hydrogens is 563 g/mol. The number of methoxy groups -OCH3 is 1. The predicted molar refractivity (Wildman–Crippen MR) is 151 cm³/mol. The highest BCUT2D eigenvalue weighted by Gasteiger charge is 2.24. The van der Waals surface area contributed by atoms with E-state index >= 15 is 0 Å². The second-order valence-corrected chi connectivity index (χ2v) is 10.7. The van der Waals surface area contributed by atoms with Crippen LogP contribution in [0.1, 0.15) is 41.7 Å². The van der Waals surface area contributed by atoms with Crippen LogP contribution in [0.15, 0.2) is 53.0 Å². The lowest BCUT2D eigenvalue weighted by Gasteiger charge is -2.16. The van der Waals surface area contributed by atoms with Crippen molar-refractivity contribution in [2.45, 2.75) is 38.6 Å². The second-order valence-electron chi connectivity index (χ2n) is 8.44. The van der Waals surface area contributed by atoms with Crippen LogP contribution in [0.5, 0.6) is 5.75 Å². The quantitative estimate of drug-likeness (QED) is 0.161. The first-order valence-electron chi connectivity index (χ1n) is 12.0. The third kappa shape index (κ3) is 6.60. The molecule has 0 saturated carbocycles. The molecule has 0 radical (unpaired) electrons. The number of carbonyl (C=O) groups is 2. The highest BCUT2D eigenvalue weighted by Crippen LogP contribution is 2.36. The minimum absolute atomic E-state index is 0.0359. The van der Waals surface area contributed by atoms with Crippen molar-refractivity contribution in [1.82, 2.24) is 14.8 Å². The van der Waals surface area contributed by atoms with Gasteiger partial charge in [-0.1, -0.05) is 35.5 Å². The number of nitrogens with one attached hydrogen (secondary N) is 1. The molecule has 0 bridgehead atoms. The molecule has 39 heavy (non-hydrogen) atoms. The van der Waals surface area contributed by atoms with E-state index in [1.165, 1.54) is 42.3 Å². The molecule has 2 heterocycles. The van der Waals surface area contributed by atoms with Crippen LogP contribution in [0.3, 0.4) is 0 Å². The fourth-order valence-electron chi connectivity index (χ4n) is 3.84. The van der Waals surface area contributed by atoms with Gasteiger partial charge in [-0.2, -0.15) is 0 Å². The number of rotatable bonds is 10. The maximum atomic E-state index is 13.4. The van der Waals surface area contributed by atoms with Crippen molar-refractivity contribution >= 4 is 51.6 Å². The van der Waals surface area contributed by atoms with Crippen molar-refractivity contribution in [2.24, 2.45) is 0 Å². The third-order valence-corrected chi connectivity index (χ3v) is 8.07. The van der Waals surface area contributed by atoms with Crippen molar-refractivity contribution in [3.05, 3.63) is 75.6 Å². The summed E-state index contributed by atoms with van der Waals surface area (Å²) in [5.41, 5.74) is 2.31. The molecule has 12 heteroatoms. The number of aromatic nitrogens is 3. The Morgan fingerprint density at radius 1 is 1.21 bits per heavy atom. The highest BCUT2D eigenvalue weighted by molar-refractivity contribution is 7.99. The van der Waals surface area contributed by atoms with Crippen molar-refractivity contribution in [3.63, 3.8) is 0 Å². The average molecular weight is 589 g/mol. The van der Waals surface area contributed by atoms with E-state index in [0.717, 1.165) is 5.56 Å². The molecule has 1 N–H and O–H groups in total. The molecule has 1 atom stereocenters. The van der Waals surface area contributed by atoms with Gasteiger partial charge in [-0.05, 0) is 62.2 Å². The summed E-state index contributed by atoms with van der Waals surface area (Å²) in [6.45, 7) is 6.33. The first-order chi connectivity index (χ1) is 18.7. The van der Waals surface area contributed by atoms with E-state index in [1.54, 1.807) is 29.6 Å². The lowest BCUT2D eigenvalue weighted by molar-refractivity contribution is -0.113. The Morgan fingerprint density at radius 2 is 1.95 bits per heavy atom. The maximum absolute atomic E-state index is 13.4. The summed E-state index contributed by atoms with van der Waals surface area (Å²) in [7, 11) is 1.27. The smallest absolute Gasteiger partial charge is 0.341 e. The van der Waals surface area contributed by atoms with Crippen molar-refractivity contribution in [3.8, 4) is 16.9 Å². The molecule has 2 aromatic heterocycles. The van der Waals surface area contributed by atoms with Crippen LogP contribution >= 0.6 is 34.7 Å². The molecule has 4 rings (SSSR count). The van der Waals surface area contributed by atoms with Crippen molar-refractivity contribution < 1.29 is 23.5 Å². The summed E-state index contributed by atoms with van der Waals surface area (Å²) in [5.74, 6) is 0.0192. The van der Waals surface area contributed by atoms with Gasteiger partial charge in [0.05, 0.1) is 12.9 Å². The fraction of sp³-hybridized carbons (Fsp3) is 0.259. The highest BCUT2D eigenvalue weighted by atomic mass is 35.5. The van der Waals surface area contributed by atoms with Crippen LogP contribution in [0.25, 0.3) is 11.1 Å². The summed E-state index contributed by atoms with van der Waals surface area (Å²) in [4.78, 5) is 25.4. The summed E-state index contributed by atoms with van der Waals surface area (Å²) < 4.78 is 26.3. The summed E-state index contributed by atoms with van der Waals surface area (Å²) in [6, 6.07) is 11.2. The van der Waals surface area contributed by atoms with E-state index in [0.29, 0.717) is 44.4 Å². The van der Waals surface area contributed by atoms with Gasteiger partial charge >= 0.3 is 5.97 Å². The number of halogens is 2. The normalized spacial score (nSPS) is 11.7. The second kappa shape index (κ2) is 12.6. The van der Waals surface area contributed by atoms with Crippen LogP contribution in [-0.4, -0.2) is 39.5 Å². The van der Waals surface area contributed by atoms with Crippen molar-refractivity contribution in [2.75, 3.05) is 18.2 Å². The molecule has 0 aliphatic rings. The first kappa shape index (κ1) is 28.6. The molecule has 0 aliphatic heterocycles. The Labute approximate surface area is 238 Å². The van der Waals surface area contributed by atoms with Crippen LogP contribution in [0.4, 0.5) is 9.39 Å². The molecule has 0 aliphatic carbocycles. The molecule has 8 nitrogen and oxygen atoms in total. The average Bonchev–Trinajstić information content (AvgIpc) is 3.53. The van der Waals surface area contributed by atoms with Gasteiger partial charge in [-0.15, -0.1) is 21.5 Å². The number of thiophene rings is 1. The number of esters is 1. The molecule has 4 aromatic rings. The minimum Gasteiger partial charge on any atom is -0.483 e. The number of carbonyl (C=O) groups excluding carboxylic acids is 2. The molecule has 1 unspecified atom stereocenters. The molecule has 204 valence electrons. The van der Waals surface area contributed by atoms with Crippen molar-refractivity contribution in [1.29, 1.82) is 0 Å². The number of anilines is 1. The Balaban J connectivity index is 1.45. The van der Waals surface area contributed by atoms with Gasteiger partial charge in [-0.25, -0.2) is 9.18 Å². The zero-order valence-corrected chi connectivity index (χ0v) is 24.0. The Hall–Kier alpha value is -3.41. The fourth-order valence-corrected chi connectivity index (χ4v) is 5.74. The number of aryl methyl sites for hydroxylation is 1. The van der Waals surface area contributed by atoms with Crippen LogP contribution < -0.4 is 10.1 Å². The number of hydrogen-bond acceptors (Lipinski definition) is 8. The van der Waals surface area contributed by atoms with E-state index in [4.69, 9.17) is 21.1 Å². The minimum atomic E-state index is -0.598. The standard InChI is InChI=1S/C27H26ClFN4O4S2/c1-5-33-24(16(3)37-19-10-11-21(28)15(2)12-19)31-32-27(33)39-14-22(34)30-25-23(26(35)36-4)20(13-38-25)17-6-8-18(29)9-7-17/h6-13,16H,5,14H2,1-4H3,(H,30,34). The van der Waals surface area contributed by atoms with E-state index in [2.05, 4.69) is 15.5 Å². The van der Waals surface area contributed by atoms with E-state index in [9.17, 15) is 14.0 Å². The van der Waals surface area contributed by atoms with Gasteiger partial charge < -0.3 is 19.4 Å². The molecular formula is C27H26ClFN4O4S2. The number of nitrogens with zero attached hydrogens (tertiary/aromatic N) is 3. The van der Waals surface area contributed by atoms with E-state index < -0.39 is 5.97 Å². The molecule has 1 amide bonds. The summed E-state index contributed by atoms with van der Waals surface area (Å²) >= 11 is 8.53. The van der Waals surface area contributed by atoms with Gasteiger partial charge in [-0.3, -0.25) is 4.79 Å². The zero-order valence-electron chi connectivity index (χ0n) is 21.7. The number of hydrogen-bond donors (Lipinski definition) is 1. The molecule has 0 spiro atoms. The van der Waals surface area contributed by atoms with Gasteiger partial charge in [0.2, 0.25) is 5.91 Å². The van der Waals surface area contributed by atoms with E-state index in [1.807, 2.05) is 31.4 Å². The molecule has 2 aromatic carbocycles. The topological polar surface area (TPSA) is 95.3 Å². The monoisotopic (exact) mass is 588 g/mol. The number of amides is 1. The summed E-state index contributed by atoms with van der Waals surface area (Å²) in [6.07, 6.45) is -0.389. The van der Waals surface area contributed by atoms with Crippen LogP contribution in [-0.2, 0) is 16.1 Å². The number of ether oxygens (including phenoxy) is 2. The summed E-state index contributed by atoms with van der Waals surface area (Å²) in [5, 5.41) is 14.7. The van der Waals surface area contributed by atoms with Gasteiger partial charge in [0.1, 0.15) is 22.1 Å². The lowest BCUT2D eigenvalue weighted by atomic mass is 10.0. The van der Waals surface area contributed by atoms with Gasteiger partial charge in [0.15, 0.2) is 17.1 Å². The predicted octanol–water partition coefficient (Wildman–Crippen LogP) is 6.78. The Kier molecular flexibility index (Phi) is 9.26.